The van der Waals surface area contributed by atoms with Crippen molar-refractivity contribution in [2.24, 2.45) is 12.0 Å². The molecule has 5 heteroatoms. The van der Waals surface area contributed by atoms with E-state index < -0.39 is 8.32 Å². The fourth-order valence-electron chi connectivity index (χ4n) is 1.86. The first kappa shape index (κ1) is 14.5. The number of hydrogen-bond acceptors (Lipinski definition) is 3. The van der Waals surface area contributed by atoms with Gasteiger partial charge in [-0.1, -0.05) is 12.1 Å². The molecule has 0 aliphatic heterocycles. The molecule has 0 saturated heterocycles. The van der Waals surface area contributed by atoms with Gasteiger partial charge in [-0.25, -0.2) is 0 Å². The van der Waals surface area contributed by atoms with Gasteiger partial charge in [-0.2, -0.15) is 5.10 Å². The molecule has 0 N–H and O–H groups in total. The summed E-state index contributed by atoms with van der Waals surface area (Å²) in [7, 11) is 0.274. The molecule has 0 unspecified atom stereocenters. The van der Waals surface area contributed by atoms with Crippen molar-refractivity contribution >= 4 is 20.2 Å². The summed E-state index contributed by atoms with van der Waals surface area (Å²) in [5.41, 5.74) is 2.85. The van der Waals surface area contributed by atoms with Gasteiger partial charge in [0.15, 0.2) is 0 Å². The molecule has 0 spiro atoms. The Morgan fingerprint density at radius 2 is 1.95 bits per heavy atom. The predicted octanol–water partition coefficient (Wildman–Crippen LogP) is 3.69. The van der Waals surface area contributed by atoms with E-state index in [1.807, 2.05) is 50.6 Å². The Kier molecular flexibility index (Phi) is 4.08. The predicted molar refractivity (Wildman–Crippen MR) is 85.6 cm³/mol. The van der Waals surface area contributed by atoms with Crippen molar-refractivity contribution in [3.63, 3.8) is 0 Å². The number of nitrogens with zero attached hydrogens (tertiary/aromatic N) is 3. The lowest BCUT2D eigenvalue weighted by molar-refractivity contribution is 0.559. The second kappa shape index (κ2) is 5.62. The van der Waals surface area contributed by atoms with Crippen LogP contribution in [0.2, 0.25) is 19.6 Å². The van der Waals surface area contributed by atoms with Crippen molar-refractivity contribution in [1.29, 1.82) is 0 Å². The molecule has 0 aliphatic rings. The molecule has 1 heterocycles. The minimum absolute atomic E-state index is 0.851. The summed E-state index contributed by atoms with van der Waals surface area (Å²) in [5, 5.41) is 4.31. The van der Waals surface area contributed by atoms with E-state index in [4.69, 9.17) is 4.43 Å². The van der Waals surface area contributed by atoms with Crippen LogP contribution >= 0.6 is 0 Å². The number of rotatable bonds is 4. The largest absolute Gasteiger partial charge is 0.543 e. The molecular weight excluding hydrogens is 266 g/mol. The van der Waals surface area contributed by atoms with Crippen LogP contribution in [0.4, 0.5) is 5.69 Å². The first-order valence-electron chi connectivity index (χ1n) is 6.67. The van der Waals surface area contributed by atoms with Crippen LogP contribution in [0.15, 0.2) is 35.5 Å². The Hall–Kier alpha value is -1.88. The molecule has 4 nitrogen and oxygen atoms in total. The lowest BCUT2D eigenvalue weighted by Crippen LogP contribution is -2.29. The Morgan fingerprint density at radius 1 is 1.25 bits per heavy atom. The highest BCUT2D eigenvalue weighted by Gasteiger charge is 2.17. The van der Waals surface area contributed by atoms with E-state index in [1.54, 1.807) is 4.68 Å². The quantitative estimate of drug-likeness (QED) is 0.635. The third-order valence-corrected chi connectivity index (χ3v) is 3.51. The standard InChI is InChI=1S/C15H21N3OSi/c1-12-13(11-18(2)17-12)10-16-14-8-6-7-9-15(14)19-20(3,4)5/h6-11H,1-5H3. The Labute approximate surface area is 121 Å². The number of aromatic nitrogens is 2. The van der Waals surface area contributed by atoms with Gasteiger partial charge < -0.3 is 4.43 Å². The van der Waals surface area contributed by atoms with Crippen LogP contribution in [-0.4, -0.2) is 24.3 Å². The van der Waals surface area contributed by atoms with E-state index >= 15 is 0 Å². The summed E-state index contributed by atoms with van der Waals surface area (Å²) in [6.07, 6.45) is 3.80. The van der Waals surface area contributed by atoms with Crippen LogP contribution in [0.3, 0.4) is 0 Å². The maximum absolute atomic E-state index is 6.06. The van der Waals surface area contributed by atoms with Crippen LogP contribution in [0.5, 0.6) is 5.75 Å². The fourth-order valence-corrected chi connectivity index (χ4v) is 2.70. The summed E-state index contributed by atoms with van der Waals surface area (Å²) in [6, 6.07) is 7.89. The lowest BCUT2D eigenvalue weighted by Gasteiger charge is -2.20. The van der Waals surface area contributed by atoms with Crippen molar-refractivity contribution in [2.75, 3.05) is 0 Å². The maximum atomic E-state index is 6.06. The average molecular weight is 287 g/mol. The molecule has 0 bridgehead atoms. The number of aliphatic imine (C=N–C) groups is 1. The van der Waals surface area contributed by atoms with Gasteiger partial charge in [-0.05, 0) is 38.7 Å². The van der Waals surface area contributed by atoms with Crippen LogP contribution in [-0.2, 0) is 7.05 Å². The first-order valence-corrected chi connectivity index (χ1v) is 10.1. The van der Waals surface area contributed by atoms with Crippen LogP contribution in [0, 0.1) is 6.92 Å². The normalized spacial score (nSPS) is 12.1. The molecule has 1 aromatic heterocycles. The van der Waals surface area contributed by atoms with Crippen LogP contribution < -0.4 is 4.43 Å². The topological polar surface area (TPSA) is 39.4 Å². The third kappa shape index (κ3) is 3.80. The first-order chi connectivity index (χ1) is 9.35. The molecule has 20 heavy (non-hydrogen) atoms. The van der Waals surface area contributed by atoms with E-state index in [1.165, 1.54) is 0 Å². The summed E-state index contributed by atoms with van der Waals surface area (Å²) in [6.45, 7) is 8.47. The van der Waals surface area contributed by atoms with Gasteiger partial charge in [0.05, 0.1) is 5.69 Å². The molecule has 0 fully saturated rings. The van der Waals surface area contributed by atoms with Gasteiger partial charge in [0.2, 0.25) is 8.32 Å². The smallest absolute Gasteiger partial charge is 0.242 e. The van der Waals surface area contributed by atoms with E-state index in [2.05, 4.69) is 29.7 Å². The summed E-state index contributed by atoms with van der Waals surface area (Å²) >= 11 is 0. The average Bonchev–Trinajstić information content (AvgIpc) is 2.65. The number of benzene rings is 1. The highest BCUT2D eigenvalue weighted by atomic mass is 28.4. The molecular formula is C15H21N3OSi. The molecule has 2 aromatic rings. The molecule has 1 aromatic carbocycles. The number of para-hydroxylation sites is 2. The van der Waals surface area contributed by atoms with Gasteiger partial charge in [0, 0.05) is 25.0 Å². The highest BCUT2D eigenvalue weighted by molar-refractivity contribution is 6.70. The maximum Gasteiger partial charge on any atom is 0.242 e. The molecule has 0 aliphatic carbocycles. The van der Waals surface area contributed by atoms with Gasteiger partial charge >= 0.3 is 0 Å². The van der Waals surface area contributed by atoms with Crippen molar-refractivity contribution in [2.45, 2.75) is 26.6 Å². The van der Waals surface area contributed by atoms with Crippen molar-refractivity contribution in [1.82, 2.24) is 9.78 Å². The van der Waals surface area contributed by atoms with Gasteiger partial charge in [0.25, 0.3) is 0 Å². The number of aryl methyl sites for hydroxylation is 2. The van der Waals surface area contributed by atoms with Gasteiger partial charge in [-0.3, -0.25) is 9.67 Å². The van der Waals surface area contributed by atoms with Crippen molar-refractivity contribution in [3.05, 3.63) is 41.7 Å². The van der Waals surface area contributed by atoms with Crippen LogP contribution in [0.25, 0.3) is 0 Å². The second-order valence-corrected chi connectivity index (χ2v) is 10.2. The van der Waals surface area contributed by atoms with Crippen molar-refractivity contribution < 1.29 is 4.43 Å². The van der Waals surface area contributed by atoms with Gasteiger partial charge in [0.1, 0.15) is 11.4 Å². The second-order valence-electron chi connectivity index (χ2n) is 5.78. The van der Waals surface area contributed by atoms with Crippen LogP contribution in [0.1, 0.15) is 11.3 Å². The van der Waals surface area contributed by atoms with Crippen molar-refractivity contribution in [3.8, 4) is 5.75 Å². The lowest BCUT2D eigenvalue weighted by atomic mass is 10.3. The molecule has 0 saturated carbocycles. The SMILES string of the molecule is Cc1nn(C)cc1C=Nc1ccccc1O[Si](C)(C)C. The molecule has 106 valence electrons. The minimum Gasteiger partial charge on any atom is -0.543 e. The van der Waals surface area contributed by atoms with E-state index in [0.29, 0.717) is 0 Å². The van der Waals surface area contributed by atoms with E-state index in [0.717, 1.165) is 22.7 Å². The molecule has 0 atom stereocenters. The monoisotopic (exact) mass is 287 g/mol. The Morgan fingerprint density at radius 3 is 2.55 bits per heavy atom. The zero-order chi connectivity index (χ0) is 14.8. The number of hydrogen-bond donors (Lipinski definition) is 0. The van der Waals surface area contributed by atoms with E-state index in [9.17, 15) is 0 Å². The molecule has 0 radical (unpaired) electrons. The zero-order valence-electron chi connectivity index (χ0n) is 12.7. The van der Waals surface area contributed by atoms with E-state index in [-0.39, 0.29) is 0 Å². The summed E-state index contributed by atoms with van der Waals surface area (Å²) in [4.78, 5) is 4.55. The minimum atomic E-state index is -1.63. The van der Waals surface area contributed by atoms with Gasteiger partial charge in [-0.15, -0.1) is 0 Å². The molecule has 0 amide bonds. The summed E-state index contributed by atoms with van der Waals surface area (Å²) in [5.74, 6) is 0.851. The summed E-state index contributed by atoms with van der Waals surface area (Å²) < 4.78 is 7.85. The Balaban J connectivity index is 2.27. The fraction of sp³-hybridized carbons (Fsp3) is 0.333. The molecule has 2 rings (SSSR count). The third-order valence-electron chi connectivity index (χ3n) is 2.68. The highest BCUT2D eigenvalue weighted by Crippen LogP contribution is 2.29. The Bertz CT molecular complexity index is 626. The zero-order valence-corrected chi connectivity index (χ0v) is 13.7.